The number of nitriles is 1. The summed E-state index contributed by atoms with van der Waals surface area (Å²) in [5.74, 6) is 0.707. The number of amides is 1. The molecule has 0 saturated carbocycles. The summed E-state index contributed by atoms with van der Waals surface area (Å²) in [4.78, 5) is 12.6. The Bertz CT molecular complexity index is 1220. The van der Waals surface area contributed by atoms with E-state index in [1.165, 1.54) is 0 Å². The van der Waals surface area contributed by atoms with Gasteiger partial charge in [-0.3, -0.25) is 4.79 Å². The summed E-state index contributed by atoms with van der Waals surface area (Å²) in [6.07, 6.45) is 1.54. The van der Waals surface area contributed by atoms with Crippen LogP contribution in [-0.2, 0) is 11.4 Å². The predicted molar refractivity (Wildman–Crippen MR) is 150 cm³/mol. The molecule has 3 aromatic rings. The minimum Gasteiger partial charge on any atom is -0.490 e. The van der Waals surface area contributed by atoms with Gasteiger partial charge in [0, 0.05) is 13.7 Å². The molecule has 0 heterocycles. The molecule has 0 aliphatic carbocycles. The molecule has 0 atom stereocenters. The fourth-order valence-corrected chi connectivity index (χ4v) is 4.43. The maximum absolute atomic E-state index is 12.6. The molecule has 0 bridgehead atoms. The lowest BCUT2D eigenvalue weighted by Crippen LogP contribution is -2.13. The number of rotatable bonds is 8. The van der Waals surface area contributed by atoms with Crippen molar-refractivity contribution in [3.05, 3.63) is 89.0 Å². The smallest absolute Gasteiger partial charge is 0.266 e. The second kappa shape index (κ2) is 12.4. The molecule has 0 unspecified atom stereocenters. The molecule has 0 spiro atoms. The van der Waals surface area contributed by atoms with E-state index in [4.69, 9.17) is 9.47 Å². The van der Waals surface area contributed by atoms with Crippen molar-refractivity contribution in [3.63, 3.8) is 0 Å². The summed E-state index contributed by atoms with van der Waals surface area (Å²) in [6.45, 7) is 2.75. The molecule has 0 aliphatic rings. The molecule has 0 aromatic heterocycles. The number of hydrogen-bond acceptors (Lipinski definition) is 4. The van der Waals surface area contributed by atoms with Crippen molar-refractivity contribution in [1.82, 2.24) is 0 Å². The van der Waals surface area contributed by atoms with Gasteiger partial charge in [0.05, 0.1) is 10.2 Å². The number of nitrogens with zero attached hydrogens (tertiary/aromatic N) is 1. The molecule has 1 amide bonds. The van der Waals surface area contributed by atoms with Crippen LogP contribution in [-0.4, -0.2) is 12.5 Å². The van der Waals surface area contributed by atoms with E-state index in [9.17, 15) is 10.1 Å². The largest absolute Gasteiger partial charge is 0.490 e. The monoisotopic (exact) mass is 728 g/mol. The number of benzene rings is 3. The molecule has 0 fully saturated rings. The van der Waals surface area contributed by atoms with E-state index in [0.717, 1.165) is 17.2 Å². The van der Waals surface area contributed by atoms with Gasteiger partial charge in [0.15, 0.2) is 11.5 Å². The van der Waals surface area contributed by atoms with Gasteiger partial charge in [0.1, 0.15) is 18.2 Å². The fourth-order valence-electron chi connectivity index (χ4n) is 2.89. The fraction of sp³-hybridized carbons (Fsp3) is 0.120. The van der Waals surface area contributed by atoms with Gasteiger partial charge in [-0.1, -0.05) is 34.1 Å². The summed E-state index contributed by atoms with van der Waals surface area (Å²) in [7, 11) is 0. The molecule has 8 heteroatoms. The summed E-state index contributed by atoms with van der Waals surface area (Å²) < 4.78 is 14.7. The standard InChI is InChI=1S/C25H19BrI2N2O3/c1-2-32-23-12-17(10-18(14-29)25(31)30-21-5-3-4-19(26)13-21)11-22(28)24(23)33-15-16-6-8-20(27)9-7-16/h3-13H,2,15H2,1H3,(H,30,31)/b18-10-. The highest BCUT2D eigenvalue weighted by atomic mass is 127. The van der Waals surface area contributed by atoms with Gasteiger partial charge in [0.2, 0.25) is 0 Å². The molecular weight excluding hydrogens is 710 g/mol. The molecule has 168 valence electrons. The highest BCUT2D eigenvalue weighted by molar-refractivity contribution is 14.1. The van der Waals surface area contributed by atoms with Crippen LogP contribution in [0.3, 0.4) is 0 Å². The molecule has 5 nitrogen and oxygen atoms in total. The van der Waals surface area contributed by atoms with E-state index in [0.29, 0.717) is 36.0 Å². The zero-order valence-corrected chi connectivity index (χ0v) is 23.5. The van der Waals surface area contributed by atoms with Gasteiger partial charge in [-0.25, -0.2) is 0 Å². The molecular formula is C25H19BrI2N2O3. The Kier molecular flexibility index (Phi) is 9.58. The van der Waals surface area contributed by atoms with Crippen LogP contribution in [0.2, 0.25) is 0 Å². The minimum absolute atomic E-state index is 0.0132. The predicted octanol–water partition coefficient (Wildman–Crippen LogP) is 7.18. The Morgan fingerprint density at radius 2 is 1.88 bits per heavy atom. The van der Waals surface area contributed by atoms with E-state index in [1.54, 1.807) is 30.3 Å². The molecule has 33 heavy (non-hydrogen) atoms. The van der Waals surface area contributed by atoms with Crippen molar-refractivity contribution in [2.75, 3.05) is 11.9 Å². The quantitative estimate of drug-likeness (QED) is 0.152. The number of halogens is 3. The highest BCUT2D eigenvalue weighted by Gasteiger charge is 2.15. The first-order valence-corrected chi connectivity index (χ1v) is 12.9. The first kappa shape index (κ1) is 25.5. The Hall–Kier alpha value is -2.10. The van der Waals surface area contributed by atoms with Crippen molar-refractivity contribution in [1.29, 1.82) is 5.26 Å². The number of hydrogen-bond donors (Lipinski definition) is 1. The highest BCUT2D eigenvalue weighted by Crippen LogP contribution is 2.35. The Morgan fingerprint density at radius 3 is 2.55 bits per heavy atom. The third-order valence-electron chi connectivity index (χ3n) is 4.39. The van der Waals surface area contributed by atoms with Crippen LogP contribution >= 0.6 is 61.1 Å². The zero-order chi connectivity index (χ0) is 23.8. The van der Waals surface area contributed by atoms with Crippen molar-refractivity contribution in [3.8, 4) is 17.6 Å². The molecule has 1 N–H and O–H groups in total. The summed E-state index contributed by atoms with van der Waals surface area (Å²) in [5.41, 5.74) is 2.30. The van der Waals surface area contributed by atoms with Crippen LogP contribution < -0.4 is 14.8 Å². The number of ether oxygens (including phenoxy) is 2. The molecule has 3 rings (SSSR count). The van der Waals surface area contributed by atoms with E-state index in [-0.39, 0.29) is 5.57 Å². The van der Waals surface area contributed by atoms with Gasteiger partial charge in [-0.2, -0.15) is 5.26 Å². The Labute approximate surface area is 228 Å². The molecule has 0 saturated heterocycles. The first-order valence-electron chi connectivity index (χ1n) is 9.92. The van der Waals surface area contributed by atoms with E-state index < -0.39 is 5.91 Å². The lowest BCUT2D eigenvalue weighted by Gasteiger charge is -2.15. The third-order valence-corrected chi connectivity index (χ3v) is 6.40. The van der Waals surface area contributed by atoms with E-state index >= 15 is 0 Å². The van der Waals surface area contributed by atoms with E-state index in [2.05, 4.69) is 66.4 Å². The lowest BCUT2D eigenvalue weighted by molar-refractivity contribution is -0.112. The number of carbonyl (C=O) groups is 1. The van der Waals surface area contributed by atoms with Gasteiger partial charge in [-0.15, -0.1) is 0 Å². The first-order chi connectivity index (χ1) is 15.9. The summed E-state index contributed by atoms with van der Waals surface area (Å²) in [6, 6.07) is 20.9. The second-order valence-corrected chi connectivity index (χ2v) is 10.1. The summed E-state index contributed by atoms with van der Waals surface area (Å²) in [5, 5.41) is 12.3. The third kappa shape index (κ3) is 7.45. The van der Waals surface area contributed by atoms with Gasteiger partial charge in [-0.05, 0) is 112 Å². The Morgan fingerprint density at radius 1 is 1.12 bits per heavy atom. The van der Waals surface area contributed by atoms with Crippen LogP contribution in [0.1, 0.15) is 18.1 Å². The number of carbonyl (C=O) groups excluding carboxylic acids is 1. The Balaban J connectivity index is 1.84. The van der Waals surface area contributed by atoms with Crippen molar-refractivity contribution in [2.45, 2.75) is 13.5 Å². The van der Waals surface area contributed by atoms with Crippen LogP contribution in [0.25, 0.3) is 6.08 Å². The van der Waals surface area contributed by atoms with Crippen molar-refractivity contribution in [2.24, 2.45) is 0 Å². The average molecular weight is 729 g/mol. The maximum Gasteiger partial charge on any atom is 0.266 e. The van der Waals surface area contributed by atoms with Crippen LogP contribution in [0.4, 0.5) is 5.69 Å². The average Bonchev–Trinajstić information content (AvgIpc) is 2.78. The molecule has 3 aromatic carbocycles. The van der Waals surface area contributed by atoms with Gasteiger partial charge in [0.25, 0.3) is 5.91 Å². The number of anilines is 1. The van der Waals surface area contributed by atoms with E-state index in [1.807, 2.05) is 49.4 Å². The van der Waals surface area contributed by atoms with Crippen molar-refractivity contribution < 1.29 is 14.3 Å². The maximum atomic E-state index is 12.6. The van der Waals surface area contributed by atoms with Crippen molar-refractivity contribution >= 4 is 78.8 Å². The zero-order valence-electron chi connectivity index (χ0n) is 17.6. The minimum atomic E-state index is -0.484. The van der Waals surface area contributed by atoms with Crippen LogP contribution in [0, 0.1) is 18.5 Å². The molecule has 0 radical (unpaired) electrons. The SMILES string of the molecule is CCOc1cc(/C=C(/C#N)C(=O)Nc2cccc(Br)c2)cc(I)c1OCc1ccc(I)cc1. The number of nitrogens with one attached hydrogen (secondary N) is 1. The summed E-state index contributed by atoms with van der Waals surface area (Å²) >= 11 is 7.81. The van der Waals surface area contributed by atoms with Gasteiger partial charge < -0.3 is 14.8 Å². The van der Waals surface area contributed by atoms with Gasteiger partial charge >= 0.3 is 0 Å². The second-order valence-electron chi connectivity index (χ2n) is 6.81. The topological polar surface area (TPSA) is 71.3 Å². The van der Waals surface area contributed by atoms with Crippen LogP contribution in [0.15, 0.2) is 70.7 Å². The molecule has 0 aliphatic heterocycles. The lowest BCUT2D eigenvalue weighted by atomic mass is 10.1. The normalized spacial score (nSPS) is 10.9. The van der Waals surface area contributed by atoms with Crippen LogP contribution in [0.5, 0.6) is 11.5 Å².